The monoisotopic (exact) mass is 857 g/mol. The van der Waals surface area contributed by atoms with Gasteiger partial charge in [0.15, 0.2) is 18.9 Å². The molecule has 6 aliphatic heterocycles. The molecule has 0 saturated carbocycles. The fourth-order valence-electron chi connectivity index (χ4n) is 9.02. The Morgan fingerprint density at radius 3 is 1.78 bits per heavy atom. The topological polar surface area (TPSA) is 196 Å². The molecule has 2 N–H and O–H groups in total. The van der Waals surface area contributed by atoms with Crippen LogP contribution >= 0.6 is 0 Å². The summed E-state index contributed by atoms with van der Waals surface area (Å²) in [5, 5.41) is 5.70. The van der Waals surface area contributed by atoms with Gasteiger partial charge in [-0.15, -0.1) is 0 Å². The van der Waals surface area contributed by atoms with E-state index in [1.54, 1.807) is 0 Å². The molecule has 0 spiro atoms. The highest BCUT2D eigenvalue weighted by molar-refractivity contribution is 7.89. The highest BCUT2D eigenvalue weighted by atomic mass is 32.2. The summed E-state index contributed by atoms with van der Waals surface area (Å²) < 4.78 is 81.9. The summed E-state index contributed by atoms with van der Waals surface area (Å²) in [6, 6.07) is 14.5. The minimum Gasteiger partial charge on any atom is -0.459 e. The molecular weight excluding hydrogens is 803 g/mol. The maximum absolute atomic E-state index is 14.6. The molecule has 60 heavy (non-hydrogen) atoms. The summed E-state index contributed by atoms with van der Waals surface area (Å²) in [5.41, 5.74) is 1.20. The smallest absolute Gasteiger partial charge is 0.411 e. The first-order valence-corrected chi connectivity index (χ1v) is 22.4. The number of sulfonamides is 1. The molecule has 0 aliphatic carbocycles. The first-order valence-electron chi connectivity index (χ1n) is 21.0. The Hall–Kier alpha value is -3.88. The highest BCUT2D eigenvalue weighted by Crippen LogP contribution is 2.36. The number of nitrogens with one attached hydrogen (secondary N) is 2. The van der Waals surface area contributed by atoms with Gasteiger partial charge in [0.2, 0.25) is 10.0 Å². The molecule has 0 bridgehead atoms. The quantitative estimate of drug-likeness (QED) is 0.181. The number of carbonyl (C=O) groups excluding carboxylic acids is 3. The van der Waals surface area contributed by atoms with E-state index in [1.165, 1.54) is 28.6 Å². The lowest BCUT2D eigenvalue weighted by molar-refractivity contribution is -0.152. The third kappa shape index (κ3) is 10.1. The molecule has 6 heterocycles. The van der Waals surface area contributed by atoms with Crippen LogP contribution < -0.4 is 10.6 Å². The van der Waals surface area contributed by atoms with Crippen molar-refractivity contribution in [2.75, 3.05) is 58.0 Å². The molecule has 2 aromatic rings. The number of anilines is 1. The van der Waals surface area contributed by atoms with Crippen LogP contribution in [0.15, 0.2) is 59.5 Å². The van der Waals surface area contributed by atoms with E-state index in [0.29, 0.717) is 38.3 Å². The SMILES string of the molecule is CC(C)CN(C[C@@H](CC(=O)OC1CO[C@H]2OCCC12)[C@@H](Cc1ccccc1)NC(=O)OC1CO[C@H]2OCCC12)S(=O)(=O)c1ccc(NC(=O)OC2COC3OCC[C@H]23)cc1. The van der Waals surface area contributed by atoms with Crippen molar-refractivity contribution in [2.24, 2.45) is 29.6 Å². The summed E-state index contributed by atoms with van der Waals surface area (Å²) in [7, 11) is -4.20. The third-order valence-electron chi connectivity index (χ3n) is 12.1. The Labute approximate surface area is 350 Å². The van der Waals surface area contributed by atoms with Crippen LogP contribution in [-0.4, -0.2) is 127 Å². The fourth-order valence-corrected chi connectivity index (χ4v) is 10.7. The summed E-state index contributed by atoms with van der Waals surface area (Å²) in [4.78, 5) is 40.5. The molecule has 8 rings (SSSR count). The number of amides is 2. The number of rotatable bonds is 16. The van der Waals surface area contributed by atoms with E-state index < -0.39 is 71.0 Å². The molecule has 2 amide bonds. The van der Waals surface area contributed by atoms with Crippen LogP contribution in [0.4, 0.5) is 15.3 Å². The molecule has 17 nitrogen and oxygen atoms in total. The zero-order chi connectivity index (χ0) is 41.8. The number of carbonyl (C=O) groups is 3. The van der Waals surface area contributed by atoms with E-state index in [-0.39, 0.29) is 80.6 Å². The van der Waals surface area contributed by atoms with Crippen molar-refractivity contribution in [3.05, 3.63) is 60.2 Å². The largest absolute Gasteiger partial charge is 0.459 e. The molecule has 11 atom stereocenters. The van der Waals surface area contributed by atoms with E-state index >= 15 is 0 Å². The number of alkyl carbamates (subject to hydrolysis) is 1. The number of esters is 1. The average molecular weight is 858 g/mol. The molecule has 0 radical (unpaired) electrons. The molecule has 2 aromatic carbocycles. The molecule has 6 fully saturated rings. The number of hydrogen-bond donors (Lipinski definition) is 2. The van der Waals surface area contributed by atoms with Crippen molar-refractivity contribution in [1.29, 1.82) is 0 Å². The van der Waals surface area contributed by atoms with Crippen LogP contribution in [0.25, 0.3) is 0 Å². The second kappa shape index (κ2) is 19.0. The molecule has 18 heteroatoms. The molecule has 328 valence electrons. The van der Waals surface area contributed by atoms with Crippen LogP contribution in [-0.2, 0) is 63.9 Å². The van der Waals surface area contributed by atoms with E-state index in [0.717, 1.165) is 12.0 Å². The summed E-state index contributed by atoms with van der Waals surface area (Å²) in [6.07, 6.45) is -1.93. The van der Waals surface area contributed by atoms with Gasteiger partial charge in [-0.25, -0.2) is 18.0 Å². The lowest BCUT2D eigenvalue weighted by Gasteiger charge is -2.33. The van der Waals surface area contributed by atoms with E-state index in [9.17, 15) is 22.8 Å². The van der Waals surface area contributed by atoms with Crippen molar-refractivity contribution < 1.29 is 65.4 Å². The lowest BCUT2D eigenvalue weighted by Crippen LogP contribution is -2.49. The van der Waals surface area contributed by atoms with E-state index in [2.05, 4.69) is 10.6 Å². The van der Waals surface area contributed by atoms with Crippen molar-refractivity contribution in [3.8, 4) is 0 Å². The number of fused-ring (bicyclic) bond motifs is 3. The van der Waals surface area contributed by atoms with Gasteiger partial charge in [0.1, 0.15) is 18.3 Å². The summed E-state index contributed by atoms with van der Waals surface area (Å²) >= 11 is 0. The van der Waals surface area contributed by atoms with Crippen molar-refractivity contribution in [2.45, 2.75) is 94.1 Å². The average Bonchev–Trinajstić information content (AvgIpc) is 4.07. The van der Waals surface area contributed by atoms with Crippen molar-refractivity contribution >= 4 is 33.9 Å². The molecular formula is C42H55N3O14S. The number of nitrogens with zero attached hydrogens (tertiary/aromatic N) is 1. The molecule has 6 aliphatic rings. The molecule has 6 unspecified atom stereocenters. The lowest BCUT2D eigenvalue weighted by atomic mass is 9.90. The second-order valence-electron chi connectivity index (χ2n) is 16.8. The Kier molecular flexibility index (Phi) is 13.6. The van der Waals surface area contributed by atoms with Gasteiger partial charge in [0.25, 0.3) is 0 Å². The van der Waals surface area contributed by atoms with Gasteiger partial charge in [0.05, 0.1) is 68.7 Å². The van der Waals surface area contributed by atoms with Gasteiger partial charge < -0.3 is 47.9 Å². The maximum atomic E-state index is 14.6. The maximum Gasteiger partial charge on any atom is 0.411 e. The predicted molar refractivity (Wildman–Crippen MR) is 211 cm³/mol. The van der Waals surface area contributed by atoms with E-state index in [4.69, 9.17) is 42.6 Å². The fraction of sp³-hybridized carbons (Fsp3) is 0.643. The first kappa shape index (κ1) is 42.8. The van der Waals surface area contributed by atoms with Crippen LogP contribution in [0.2, 0.25) is 0 Å². The first-order chi connectivity index (χ1) is 29.0. The Morgan fingerprint density at radius 1 is 0.700 bits per heavy atom. The van der Waals surface area contributed by atoms with Crippen LogP contribution in [0.3, 0.4) is 0 Å². The van der Waals surface area contributed by atoms with Gasteiger partial charge in [-0.2, -0.15) is 4.31 Å². The van der Waals surface area contributed by atoms with Crippen molar-refractivity contribution in [3.63, 3.8) is 0 Å². The third-order valence-corrected chi connectivity index (χ3v) is 13.9. The van der Waals surface area contributed by atoms with Crippen LogP contribution in [0, 0.1) is 29.6 Å². The summed E-state index contributed by atoms with van der Waals surface area (Å²) in [5.74, 6) is -1.66. The minimum absolute atomic E-state index is 0.0181. The predicted octanol–water partition coefficient (Wildman–Crippen LogP) is 4.05. The van der Waals surface area contributed by atoms with Gasteiger partial charge in [-0.05, 0) is 61.4 Å². The van der Waals surface area contributed by atoms with Crippen LogP contribution in [0.1, 0.15) is 45.1 Å². The summed E-state index contributed by atoms with van der Waals surface area (Å²) in [6.45, 7) is 5.96. The number of ether oxygens (including phenoxy) is 9. The second-order valence-corrected chi connectivity index (χ2v) is 18.7. The van der Waals surface area contributed by atoms with Gasteiger partial charge in [-0.3, -0.25) is 10.1 Å². The molecule has 0 aromatic heterocycles. The van der Waals surface area contributed by atoms with Gasteiger partial charge in [0, 0.05) is 30.7 Å². The number of hydrogen-bond acceptors (Lipinski definition) is 14. The van der Waals surface area contributed by atoms with Crippen molar-refractivity contribution in [1.82, 2.24) is 9.62 Å². The Balaban J connectivity index is 1.02. The normalized spacial score (nSPS) is 30.4. The van der Waals surface area contributed by atoms with E-state index in [1.807, 2.05) is 44.2 Å². The highest BCUT2D eigenvalue weighted by Gasteiger charge is 2.47. The zero-order valence-electron chi connectivity index (χ0n) is 33.9. The zero-order valence-corrected chi connectivity index (χ0v) is 34.7. The Bertz CT molecular complexity index is 1900. The van der Waals surface area contributed by atoms with Crippen LogP contribution in [0.5, 0.6) is 0 Å². The number of benzene rings is 2. The van der Waals surface area contributed by atoms with Gasteiger partial charge in [-0.1, -0.05) is 44.2 Å². The molecule has 6 saturated heterocycles. The minimum atomic E-state index is -4.20. The standard InChI is InChI=1S/C42H55N3O14S/c1-25(2)20-45(60(49,50)29-10-8-28(9-11-29)43-41(47)58-35-23-55-39-31(35)13-16-52-39)21-27(19-37(46)57-34-22-54-38-30(34)12-15-51-38)33(18-26-6-4-3-5-7-26)44-42(48)59-36-24-56-40-32(36)14-17-53-40/h3-11,25,27,30-36,38-40H,12-24H2,1-2H3,(H,43,47)(H,44,48)/t27-,30?,31-,32?,33-,34?,35?,36?,38-,39?,40-/m1/s1. The Morgan fingerprint density at radius 2 is 1.23 bits per heavy atom. The van der Waals surface area contributed by atoms with Gasteiger partial charge >= 0.3 is 18.2 Å².